The van der Waals surface area contributed by atoms with Crippen LogP contribution >= 0.6 is 0 Å². The maximum absolute atomic E-state index is 10.9. The molecule has 0 atom stereocenters. The summed E-state index contributed by atoms with van der Waals surface area (Å²) in [7, 11) is -3.08. The van der Waals surface area contributed by atoms with E-state index in [9.17, 15) is 8.42 Å². The average Bonchev–Trinajstić information content (AvgIpc) is 2.28. The van der Waals surface area contributed by atoms with Crippen LogP contribution in [0.4, 0.5) is 0 Å². The van der Waals surface area contributed by atoms with Gasteiger partial charge in [-0.25, -0.2) is 8.42 Å². The summed E-state index contributed by atoms with van der Waals surface area (Å²) in [6.07, 6.45) is 1.15. The van der Waals surface area contributed by atoms with Crippen molar-refractivity contribution in [3.8, 4) is 0 Å². The predicted molar refractivity (Wildman–Crippen MR) is 48.5 cm³/mol. The lowest BCUT2D eigenvalue weighted by molar-refractivity contribution is 0.306. The fourth-order valence-electron chi connectivity index (χ4n) is 1.19. The highest BCUT2D eigenvalue weighted by Crippen LogP contribution is 2.17. The predicted octanol–water partition coefficient (Wildman–Crippen LogP) is -0.699. The Kier molecular flexibility index (Phi) is 2.28. The van der Waals surface area contributed by atoms with E-state index in [-0.39, 0.29) is 17.5 Å². The summed E-state index contributed by atoms with van der Waals surface area (Å²) in [6, 6.07) is 0. The molecule has 1 aromatic heterocycles. The lowest BCUT2D eigenvalue weighted by Crippen LogP contribution is -2.40. The third-order valence-electron chi connectivity index (χ3n) is 2.01. The molecule has 0 aromatic carbocycles. The minimum Gasteiger partial charge on any atom is -0.339 e. The van der Waals surface area contributed by atoms with Crippen LogP contribution in [0.1, 0.15) is 17.6 Å². The van der Waals surface area contributed by atoms with E-state index in [4.69, 9.17) is 4.52 Å². The Morgan fingerprint density at radius 3 is 2.79 bits per heavy atom. The largest absolute Gasteiger partial charge is 0.339 e. The van der Waals surface area contributed by atoms with Crippen LogP contribution < -0.4 is 5.32 Å². The van der Waals surface area contributed by atoms with E-state index in [1.807, 2.05) is 0 Å². The van der Waals surface area contributed by atoms with Crippen molar-refractivity contribution in [2.24, 2.45) is 0 Å². The fourth-order valence-corrected chi connectivity index (χ4v) is 1.78. The Bertz CT molecular complexity index is 421. The van der Waals surface area contributed by atoms with Crippen molar-refractivity contribution in [2.75, 3.05) is 19.3 Å². The third-order valence-corrected chi connectivity index (χ3v) is 2.79. The molecule has 0 saturated carbocycles. The molecule has 2 heterocycles. The van der Waals surface area contributed by atoms with Crippen LogP contribution in [0.5, 0.6) is 0 Å². The quantitative estimate of drug-likeness (QED) is 0.720. The van der Waals surface area contributed by atoms with Crippen LogP contribution in [0.3, 0.4) is 0 Å². The Morgan fingerprint density at radius 2 is 2.29 bits per heavy atom. The van der Waals surface area contributed by atoms with Gasteiger partial charge in [0.2, 0.25) is 5.89 Å². The van der Waals surface area contributed by atoms with E-state index in [1.54, 1.807) is 0 Å². The second-order valence-corrected chi connectivity index (χ2v) is 5.61. The Morgan fingerprint density at radius 1 is 1.57 bits per heavy atom. The summed E-state index contributed by atoms with van der Waals surface area (Å²) >= 11 is 0. The monoisotopic (exact) mass is 217 g/mol. The number of aromatic nitrogens is 2. The molecule has 0 radical (unpaired) electrons. The molecule has 0 bridgehead atoms. The van der Waals surface area contributed by atoms with Crippen LogP contribution in [0.2, 0.25) is 0 Å². The maximum atomic E-state index is 10.9. The minimum atomic E-state index is -3.08. The summed E-state index contributed by atoms with van der Waals surface area (Å²) < 4.78 is 26.8. The highest BCUT2D eigenvalue weighted by Gasteiger charge is 2.25. The number of hydrogen-bond donors (Lipinski definition) is 1. The van der Waals surface area contributed by atoms with E-state index in [0.29, 0.717) is 5.89 Å². The highest BCUT2D eigenvalue weighted by atomic mass is 32.2. The maximum Gasteiger partial charge on any atom is 0.232 e. The van der Waals surface area contributed by atoms with Crippen molar-refractivity contribution in [3.05, 3.63) is 11.7 Å². The van der Waals surface area contributed by atoms with Crippen LogP contribution in [-0.4, -0.2) is 37.9 Å². The second kappa shape index (κ2) is 3.32. The highest BCUT2D eigenvalue weighted by molar-refractivity contribution is 7.89. The molecule has 78 valence electrons. The number of rotatable bonds is 3. The minimum absolute atomic E-state index is 0.156. The van der Waals surface area contributed by atoms with Crippen molar-refractivity contribution in [1.82, 2.24) is 15.5 Å². The molecule has 1 aromatic rings. The smallest absolute Gasteiger partial charge is 0.232 e. The topological polar surface area (TPSA) is 85.1 Å². The standard InChI is InChI=1S/C7H11N3O3S/c1-14(11,12)4-6-9-7(13-10-6)5-2-8-3-5/h5,8H,2-4H2,1H3. The molecular formula is C7H11N3O3S. The fraction of sp³-hybridized carbons (Fsp3) is 0.714. The Labute approximate surface area is 81.6 Å². The first kappa shape index (κ1) is 9.60. The summed E-state index contributed by atoms with van der Waals surface area (Å²) in [5, 5.41) is 6.68. The van der Waals surface area contributed by atoms with Crippen LogP contribution in [0.15, 0.2) is 4.52 Å². The summed E-state index contributed by atoms with van der Waals surface area (Å²) in [4.78, 5) is 4.02. The molecule has 0 spiro atoms. The average molecular weight is 217 g/mol. The van der Waals surface area contributed by atoms with E-state index >= 15 is 0 Å². The van der Waals surface area contributed by atoms with Gasteiger partial charge in [0.1, 0.15) is 5.75 Å². The number of nitrogens with zero attached hydrogens (tertiary/aromatic N) is 2. The van der Waals surface area contributed by atoms with Gasteiger partial charge in [-0.05, 0) is 0 Å². The molecule has 1 N–H and O–H groups in total. The molecule has 0 aliphatic carbocycles. The molecule has 2 rings (SSSR count). The normalized spacial score (nSPS) is 18.1. The van der Waals surface area contributed by atoms with Gasteiger partial charge >= 0.3 is 0 Å². The first-order valence-corrected chi connectivity index (χ1v) is 6.31. The van der Waals surface area contributed by atoms with Gasteiger partial charge in [0, 0.05) is 19.3 Å². The summed E-state index contributed by atoms with van der Waals surface area (Å²) in [5.41, 5.74) is 0. The number of hydrogen-bond acceptors (Lipinski definition) is 6. The Balaban J connectivity index is 2.09. The molecule has 0 unspecified atom stereocenters. The molecule has 1 saturated heterocycles. The zero-order valence-electron chi connectivity index (χ0n) is 7.73. The van der Waals surface area contributed by atoms with Gasteiger partial charge in [0.15, 0.2) is 15.7 Å². The van der Waals surface area contributed by atoms with Crippen molar-refractivity contribution in [2.45, 2.75) is 11.7 Å². The molecule has 1 aliphatic heterocycles. The van der Waals surface area contributed by atoms with Gasteiger partial charge in [-0.1, -0.05) is 5.16 Å². The van der Waals surface area contributed by atoms with E-state index in [1.165, 1.54) is 0 Å². The van der Waals surface area contributed by atoms with E-state index in [2.05, 4.69) is 15.5 Å². The molecule has 6 nitrogen and oxygen atoms in total. The van der Waals surface area contributed by atoms with Crippen LogP contribution in [0, 0.1) is 0 Å². The Hall–Kier alpha value is -0.950. The first-order chi connectivity index (χ1) is 6.54. The molecule has 14 heavy (non-hydrogen) atoms. The molecule has 1 aliphatic rings. The number of sulfone groups is 1. The van der Waals surface area contributed by atoms with Gasteiger partial charge in [0.05, 0.1) is 5.92 Å². The van der Waals surface area contributed by atoms with Crippen molar-refractivity contribution in [1.29, 1.82) is 0 Å². The van der Waals surface area contributed by atoms with Crippen LogP contribution in [-0.2, 0) is 15.6 Å². The van der Waals surface area contributed by atoms with Crippen molar-refractivity contribution in [3.63, 3.8) is 0 Å². The summed E-state index contributed by atoms with van der Waals surface area (Å²) in [6.45, 7) is 1.64. The zero-order valence-corrected chi connectivity index (χ0v) is 8.54. The van der Waals surface area contributed by atoms with Gasteiger partial charge in [-0.15, -0.1) is 0 Å². The summed E-state index contributed by atoms with van der Waals surface area (Å²) in [5.74, 6) is 0.865. The van der Waals surface area contributed by atoms with Crippen molar-refractivity contribution >= 4 is 9.84 Å². The van der Waals surface area contributed by atoms with Crippen LogP contribution in [0.25, 0.3) is 0 Å². The molecular weight excluding hydrogens is 206 g/mol. The molecule has 7 heteroatoms. The van der Waals surface area contributed by atoms with Crippen molar-refractivity contribution < 1.29 is 12.9 Å². The molecule has 1 fully saturated rings. The van der Waals surface area contributed by atoms with Gasteiger partial charge in [-0.2, -0.15) is 4.98 Å². The zero-order chi connectivity index (χ0) is 10.2. The van der Waals surface area contributed by atoms with E-state index in [0.717, 1.165) is 19.3 Å². The third kappa shape index (κ3) is 2.10. The first-order valence-electron chi connectivity index (χ1n) is 4.25. The SMILES string of the molecule is CS(=O)(=O)Cc1noc(C2CNC2)n1. The number of nitrogens with one attached hydrogen (secondary N) is 1. The lowest BCUT2D eigenvalue weighted by Gasteiger charge is -2.22. The molecule has 0 amide bonds. The lowest BCUT2D eigenvalue weighted by atomic mass is 10.0. The van der Waals surface area contributed by atoms with Gasteiger partial charge < -0.3 is 9.84 Å². The second-order valence-electron chi connectivity index (χ2n) is 3.47. The van der Waals surface area contributed by atoms with Gasteiger partial charge in [-0.3, -0.25) is 0 Å². The van der Waals surface area contributed by atoms with Gasteiger partial charge in [0.25, 0.3) is 0 Å². The van der Waals surface area contributed by atoms with E-state index < -0.39 is 9.84 Å².